The van der Waals surface area contributed by atoms with Crippen LogP contribution in [0, 0.1) is 20.8 Å². The average molecular weight is 398 g/mol. The Morgan fingerprint density at radius 2 is 1.68 bits per heavy atom. The normalized spacial score (nSPS) is 10.6. The van der Waals surface area contributed by atoms with Crippen molar-refractivity contribution in [2.24, 2.45) is 0 Å². The van der Waals surface area contributed by atoms with E-state index in [-0.39, 0.29) is 10.7 Å². The summed E-state index contributed by atoms with van der Waals surface area (Å²) >= 11 is 6.34. The Bertz CT molecular complexity index is 1010. The van der Waals surface area contributed by atoms with Gasteiger partial charge < -0.3 is 10.1 Å². The molecule has 1 amide bonds. The van der Waals surface area contributed by atoms with Crippen LogP contribution in [0.1, 0.15) is 27.2 Å². The number of aromatic nitrogens is 2. The summed E-state index contributed by atoms with van der Waals surface area (Å²) in [6.45, 7) is 5.04. The molecule has 7 heteroatoms. The SMILES string of the molecule is Cc1cccc(C)c1NC(=O)COC(=O)c1c(C)nn(-c2ccccc2)c1Cl. The molecule has 2 aromatic carbocycles. The zero-order chi connectivity index (χ0) is 20.3. The van der Waals surface area contributed by atoms with Crippen LogP contribution in [0.2, 0.25) is 5.15 Å². The van der Waals surface area contributed by atoms with Crippen molar-refractivity contribution in [3.63, 3.8) is 0 Å². The molecule has 1 heterocycles. The maximum atomic E-state index is 12.5. The highest BCUT2D eigenvalue weighted by Crippen LogP contribution is 2.24. The monoisotopic (exact) mass is 397 g/mol. The number of carbonyl (C=O) groups excluding carboxylic acids is 2. The number of amides is 1. The van der Waals surface area contributed by atoms with Gasteiger partial charge in [-0.15, -0.1) is 0 Å². The minimum atomic E-state index is -0.693. The Hall–Kier alpha value is -3.12. The average Bonchev–Trinajstić information content (AvgIpc) is 2.98. The number of carbonyl (C=O) groups is 2. The lowest BCUT2D eigenvalue weighted by molar-refractivity contribution is -0.119. The first-order valence-electron chi connectivity index (χ1n) is 8.72. The van der Waals surface area contributed by atoms with Crippen LogP contribution in [-0.2, 0) is 9.53 Å². The summed E-state index contributed by atoms with van der Waals surface area (Å²) in [6, 6.07) is 14.9. The summed E-state index contributed by atoms with van der Waals surface area (Å²) in [5, 5.41) is 7.22. The lowest BCUT2D eigenvalue weighted by atomic mass is 10.1. The van der Waals surface area contributed by atoms with Gasteiger partial charge in [-0.3, -0.25) is 4.79 Å². The van der Waals surface area contributed by atoms with E-state index >= 15 is 0 Å². The van der Waals surface area contributed by atoms with Gasteiger partial charge in [-0.25, -0.2) is 9.48 Å². The summed E-state index contributed by atoms with van der Waals surface area (Å²) < 4.78 is 6.63. The molecule has 3 aromatic rings. The number of benzene rings is 2. The zero-order valence-electron chi connectivity index (χ0n) is 15.8. The Balaban J connectivity index is 1.70. The second-order valence-electron chi connectivity index (χ2n) is 6.39. The predicted molar refractivity (Wildman–Crippen MR) is 108 cm³/mol. The van der Waals surface area contributed by atoms with Gasteiger partial charge in [0, 0.05) is 5.69 Å². The van der Waals surface area contributed by atoms with E-state index in [2.05, 4.69) is 10.4 Å². The molecule has 1 aromatic heterocycles. The minimum Gasteiger partial charge on any atom is -0.452 e. The van der Waals surface area contributed by atoms with Gasteiger partial charge in [-0.2, -0.15) is 5.10 Å². The fraction of sp³-hybridized carbons (Fsp3) is 0.190. The predicted octanol–water partition coefficient (Wildman–Crippen LogP) is 4.25. The van der Waals surface area contributed by atoms with E-state index in [9.17, 15) is 9.59 Å². The Morgan fingerprint density at radius 3 is 2.32 bits per heavy atom. The van der Waals surface area contributed by atoms with Crippen molar-refractivity contribution in [2.45, 2.75) is 20.8 Å². The van der Waals surface area contributed by atoms with Crippen molar-refractivity contribution in [2.75, 3.05) is 11.9 Å². The Labute approximate surface area is 168 Å². The number of aryl methyl sites for hydroxylation is 3. The molecule has 0 fully saturated rings. The lowest BCUT2D eigenvalue weighted by Crippen LogP contribution is -2.22. The number of esters is 1. The molecule has 0 bridgehead atoms. The molecule has 0 aliphatic carbocycles. The standard InChI is InChI=1S/C21H20ClN3O3/c1-13-8-7-9-14(2)19(13)23-17(26)12-28-21(27)18-15(3)24-25(20(18)22)16-10-5-4-6-11-16/h4-11H,12H2,1-3H3,(H,23,26). The van der Waals surface area contributed by atoms with Gasteiger partial charge >= 0.3 is 5.97 Å². The van der Waals surface area contributed by atoms with Crippen LogP contribution in [-0.4, -0.2) is 28.3 Å². The topological polar surface area (TPSA) is 73.2 Å². The van der Waals surface area contributed by atoms with E-state index in [4.69, 9.17) is 16.3 Å². The van der Waals surface area contributed by atoms with E-state index < -0.39 is 18.5 Å². The summed E-state index contributed by atoms with van der Waals surface area (Å²) in [6.07, 6.45) is 0. The fourth-order valence-electron chi connectivity index (χ4n) is 2.86. The third-order valence-electron chi connectivity index (χ3n) is 4.29. The Morgan fingerprint density at radius 1 is 1.04 bits per heavy atom. The molecule has 28 heavy (non-hydrogen) atoms. The molecule has 6 nitrogen and oxygen atoms in total. The van der Waals surface area contributed by atoms with E-state index in [1.165, 1.54) is 4.68 Å². The van der Waals surface area contributed by atoms with Crippen molar-refractivity contribution in [1.82, 2.24) is 9.78 Å². The first-order valence-corrected chi connectivity index (χ1v) is 9.10. The molecule has 1 N–H and O–H groups in total. The van der Waals surface area contributed by atoms with Crippen molar-refractivity contribution in [3.8, 4) is 5.69 Å². The number of para-hydroxylation sites is 2. The molecule has 0 aliphatic rings. The summed E-state index contributed by atoms with van der Waals surface area (Å²) in [4.78, 5) is 24.7. The number of ether oxygens (including phenoxy) is 1. The molecule has 0 spiro atoms. The number of anilines is 1. The van der Waals surface area contributed by atoms with Gasteiger partial charge in [0.15, 0.2) is 6.61 Å². The van der Waals surface area contributed by atoms with Crippen LogP contribution in [0.3, 0.4) is 0 Å². The van der Waals surface area contributed by atoms with Gasteiger partial charge in [-0.05, 0) is 44.0 Å². The molecule has 3 rings (SSSR count). The molecule has 0 aliphatic heterocycles. The largest absolute Gasteiger partial charge is 0.452 e. The zero-order valence-corrected chi connectivity index (χ0v) is 16.6. The molecule has 144 valence electrons. The van der Waals surface area contributed by atoms with Gasteiger partial charge in [-0.1, -0.05) is 48.0 Å². The number of hydrogen-bond donors (Lipinski definition) is 1. The highest BCUT2D eigenvalue weighted by atomic mass is 35.5. The Kier molecular flexibility index (Phi) is 5.80. The van der Waals surface area contributed by atoms with E-state index in [0.717, 1.165) is 22.5 Å². The van der Waals surface area contributed by atoms with Crippen LogP contribution >= 0.6 is 11.6 Å². The van der Waals surface area contributed by atoms with Crippen LogP contribution < -0.4 is 5.32 Å². The molecule has 0 radical (unpaired) electrons. The number of nitrogens with one attached hydrogen (secondary N) is 1. The summed E-state index contributed by atoms with van der Waals surface area (Å²) in [5.41, 5.74) is 3.88. The molecule has 0 atom stereocenters. The van der Waals surface area contributed by atoms with Crippen LogP contribution in [0.4, 0.5) is 5.69 Å². The summed E-state index contributed by atoms with van der Waals surface area (Å²) in [7, 11) is 0. The summed E-state index contributed by atoms with van der Waals surface area (Å²) in [5.74, 6) is -1.11. The molecule has 0 saturated carbocycles. The first kappa shape index (κ1) is 19.6. The van der Waals surface area contributed by atoms with Crippen LogP contribution in [0.15, 0.2) is 48.5 Å². The van der Waals surface area contributed by atoms with Crippen molar-refractivity contribution in [1.29, 1.82) is 0 Å². The van der Waals surface area contributed by atoms with Gasteiger partial charge in [0.25, 0.3) is 5.91 Å². The quantitative estimate of drug-likeness (QED) is 0.653. The lowest BCUT2D eigenvalue weighted by Gasteiger charge is -2.11. The first-order chi connectivity index (χ1) is 13.4. The van der Waals surface area contributed by atoms with E-state index in [1.54, 1.807) is 6.92 Å². The maximum absolute atomic E-state index is 12.5. The van der Waals surface area contributed by atoms with E-state index in [1.807, 2.05) is 62.4 Å². The number of halogens is 1. The number of nitrogens with zero attached hydrogens (tertiary/aromatic N) is 2. The molecular formula is C21H20ClN3O3. The van der Waals surface area contributed by atoms with Crippen LogP contribution in [0.5, 0.6) is 0 Å². The fourth-order valence-corrected chi connectivity index (χ4v) is 3.21. The van der Waals surface area contributed by atoms with Gasteiger partial charge in [0.05, 0.1) is 11.4 Å². The minimum absolute atomic E-state index is 0.142. The third kappa shape index (κ3) is 4.07. The third-order valence-corrected chi connectivity index (χ3v) is 4.64. The van der Waals surface area contributed by atoms with Gasteiger partial charge in [0.1, 0.15) is 10.7 Å². The smallest absolute Gasteiger partial charge is 0.343 e. The second kappa shape index (κ2) is 8.27. The van der Waals surface area contributed by atoms with Gasteiger partial charge in [0.2, 0.25) is 0 Å². The molecular weight excluding hydrogens is 378 g/mol. The highest BCUT2D eigenvalue weighted by Gasteiger charge is 2.23. The van der Waals surface area contributed by atoms with Crippen molar-refractivity contribution < 1.29 is 14.3 Å². The molecule has 0 saturated heterocycles. The van der Waals surface area contributed by atoms with Crippen molar-refractivity contribution in [3.05, 3.63) is 76.1 Å². The van der Waals surface area contributed by atoms with E-state index in [0.29, 0.717) is 5.69 Å². The highest BCUT2D eigenvalue weighted by molar-refractivity contribution is 6.33. The number of hydrogen-bond acceptors (Lipinski definition) is 4. The number of rotatable bonds is 5. The molecule has 0 unspecified atom stereocenters. The maximum Gasteiger partial charge on any atom is 0.343 e. The second-order valence-corrected chi connectivity index (χ2v) is 6.75. The van der Waals surface area contributed by atoms with Crippen molar-refractivity contribution >= 4 is 29.2 Å². The van der Waals surface area contributed by atoms with Crippen LogP contribution in [0.25, 0.3) is 5.69 Å².